The van der Waals surface area contributed by atoms with E-state index in [1.165, 1.54) is 25.7 Å². The zero-order chi connectivity index (χ0) is 14.5. The van der Waals surface area contributed by atoms with Gasteiger partial charge in [-0.1, -0.05) is 33.1 Å². The number of benzene rings is 1. The Morgan fingerprint density at radius 1 is 0.950 bits per heavy atom. The number of rotatable bonds is 5. The van der Waals surface area contributed by atoms with Gasteiger partial charge in [0.05, 0.1) is 0 Å². The molecule has 20 heavy (non-hydrogen) atoms. The minimum absolute atomic E-state index is 0.260. The molecule has 1 aromatic carbocycles. The van der Waals surface area contributed by atoms with Gasteiger partial charge in [0.2, 0.25) is 0 Å². The summed E-state index contributed by atoms with van der Waals surface area (Å²) in [5.41, 5.74) is 1.13. The number of hydrogen-bond acceptors (Lipinski definition) is 0. The minimum atomic E-state index is -0.350. The lowest BCUT2D eigenvalue weighted by atomic mass is 9.77. The van der Waals surface area contributed by atoms with Gasteiger partial charge in [0.25, 0.3) is 0 Å². The second-order valence-electron chi connectivity index (χ2n) is 6.22. The third-order valence-corrected chi connectivity index (χ3v) is 4.68. The zero-order valence-electron chi connectivity index (χ0n) is 12.7. The van der Waals surface area contributed by atoms with Crippen LogP contribution in [0.3, 0.4) is 0 Å². The molecule has 0 bridgehead atoms. The summed E-state index contributed by atoms with van der Waals surface area (Å²) in [5, 5.41) is 0. The van der Waals surface area contributed by atoms with Gasteiger partial charge in [0.15, 0.2) is 0 Å². The topological polar surface area (TPSA) is 0 Å². The Bertz CT molecular complexity index is 408. The maximum absolute atomic E-state index is 14.0. The Kier molecular flexibility index (Phi) is 5.56. The van der Waals surface area contributed by atoms with E-state index in [-0.39, 0.29) is 17.2 Å². The molecule has 2 rings (SSSR count). The highest BCUT2D eigenvalue weighted by Crippen LogP contribution is 2.38. The van der Waals surface area contributed by atoms with Crippen LogP contribution in [0.25, 0.3) is 0 Å². The van der Waals surface area contributed by atoms with E-state index in [1.54, 1.807) is 12.1 Å². The number of halogens is 2. The molecule has 1 fully saturated rings. The fourth-order valence-electron chi connectivity index (χ4n) is 3.54. The largest absolute Gasteiger partial charge is 0.207 e. The fourth-order valence-corrected chi connectivity index (χ4v) is 3.54. The SMILES string of the molecule is CCCc1c(F)cc(C2CCC(CCC)CC2)cc1F. The minimum Gasteiger partial charge on any atom is -0.207 e. The molecule has 0 radical (unpaired) electrons. The van der Waals surface area contributed by atoms with Crippen LogP contribution in [0.5, 0.6) is 0 Å². The summed E-state index contributed by atoms with van der Waals surface area (Å²) in [6.45, 7) is 4.17. The van der Waals surface area contributed by atoms with Gasteiger partial charge in [-0.25, -0.2) is 8.78 Å². The van der Waals surface area contributed by atoms with Gasteiger partial charge in [-0.2, -0.15) is 0 Å². The molecule has 0 amide bonds. The lowest BCUT2D eigenvalue weighted by molar-refractivity contribution is 0.307. The van der Waals surface area contributed by atoms with Gasteiger partial charge in [-0.05, 0) is 61.6 Å². The highest BCUT2D eigenvalue weighted by molar-refractivity contribution is 5.29. The molecule has 2 heteroatoms. The van der Waals surface area contributed by atoms with Crippen molar-refractivity contribution in [2.75, 3.05) is 0 Å². The Morgan fingerprint density at radius 3 is 2.05 bits per heavy atom. The standard InChI is InChI=1S/C18H26F2/c1-3-5-13-7-9-14(10-8-13)15-11-17(19)16(6-4-2)18(20)12-15/h11-14H,3-10H2,1-2H3. The summed E-state index contributed by atoms with van der Waals surface area (Å²) in [6, 6.07) is 3.16. The summed E-state index contributed by atoms with van der Waals surface area (Å²) in [4.78, 5) is 0. The van der Waals surface area contributed by atoms with Crippen LogP contribution < -0.4 is 0 Å². The summed E-state index contributed by atoms with van der Waals surface area (Å²) < 4.78 is 28.0. The van der Waals surface area contributed by atoms with Crippen LogP contribution in [-0.2, 0) is 6.42 Å². The molecule has 0 heterocycles. The van der Waals surface area contributed by atoms with Gasteiger partial charge < -0.3 is 0 Å². The van der Waals surface area contributed by atoms with Crippen molar-refractivity contribution in [2.24, 2.45) is 5.92 Å². The number of hydrogen-bond donors (Lipinski definition) is 0. The van der Waals surface area contributed by atoms with E-state index in [2.05, 4.69) is 6.92 Å². The Labute approximate surface area is 121 Å². The molecule has 0 unspecified atom stereocenters. The maximum Gasteiger partial charge on any atom is 0.129 e. The molecular formula is C18H26F2. The second kappa shape index (κ2) is 7.19. The molecule has 1 aliphatic carbocycles. The van der Waals surface area contributed by atoms with Crippen molar-refractivity contribution in [3.05, 3.63) is 34.9 Å². The molecule has 0 spiro atoms. The molecule has 0 nitrogen and oxygen atoms in total. The summed E-state index contributed by atoms with van der Waals surface area (Å²) in [7, 11) is 0. The van der Waals surface area contributed by atoms with Crippen LogP contribution in [0.2, 0.25) is 0 Å². The van der Waals surface area contributed by atoms with Crippen LogP contribution in [0.15, 0.2) is 12.1 Å². The Hall–Kier alpha value is -0.920. The van der Waals surface area contributed by atoms with Gasteiger partial charge in [0, 0.05) is 5.56 Å². The van der Waals surface area contributed by atoms with Crippen molar-refractivity contribution in [1.29, 1.82) is 0 Å². The fraction of sp³-hybridized carbons (Fsp3) is 0.667. The van der Waals surface area contributed by atoms with Crippen molar-refractivity contribution < 1.29 is 8.78 Å². The van der Waals surface area contributed by atoms with Gasteiger partial charge in [0.1, 0.15) is 11.6 Å². The molecule has 0 aromatic heterocycles. The Balaban J connectivity index is 2.07. The third kappa shape index (κ3) is 3.59. The summed E-state index contributed by atoms with van der Waals surface area (Å²) in [5.74, 6) is 0.475. The molecule has 112 valence electrons. The van der Waals surface area contributed by atoms with Crippen molar-refractivity contribution in [3.63, 3.8) is 0 Å². The van der Waals surface area contributed by atoms with E-state index < -0.39 is 0 Å². The van der Waals surface area contributed by atoms with E-state index in [0.29, 0.717) is 12.3 Å². The Morgan fingerprint density at radius 2 is 1.55 bits per heavy atom. The van der Waals surface area contributed by atoms with Gasteiger partial charge >= 0.3 is 0 Å². The summed E-state index contributed by atoms with van der Waals surface area (Å²) >= 11 is 0. The van der Waals surface area contributed by atoms with E-state index >= 15 is 0 Å². The van der Waals surface area contributed by atoms with E-state index in [4.69, 9.17) is 0 Å². The average Bonchev–Trinajstić information content (AvgIpc) is 2.44. The first-order valence-corrected chi connectivity index (χ1v) is 8.13. The molecule has 0 saturated heterocycles. The first-order valence-electron chi connectivity index (χ1n) is 8.13. The lowest BCUT2D eigenvalue weighted by Gasteiger charge is -2.29. The molecule has 0 aliphatic heterocycles. The van der Waals surface area contributed by atoms with Crippen molar-refractivity contribution in [1.82, 2.24) is 0 Å². The molecule has 1 saturated carbocycles. The first kappa shape index (κ1) is 15.5. The van der Waals surface area contributed by atoms with Crippen molar-refractivity contribution in [2.45, 2.75) is 71.1 Å². The van der Waals surface area contributed by atoms with E-state index in [9.17, 15) is 8.78 Å². The average molecular weight is 280 g/mol. The monoisotopic (exact) mass is 280 g/mol. The van der Waals surface area contributed by atoms with E-state index in [0.717, 1.165) is 30.7 Å². The third-order valence-electron chi connectivity index (χ3n) is 4.68. The molecule has 1 aliphatic rings. The maximum atomic E-state index is 14.0. The second-order valence-corrected chi connectivity index (χ2v) is 6.22. The summed E-state index contributed by atoms with van der Waals surface area (Å²) in [6.07, 6.45) is 8.37. The van der Waals surface area contributed by atoms with Gasteiger partial charge in [-0.15, -0.1) is 0 Å². The first-order chi connectivity index (χ1) is 9.65. The van der Waals surface area contributed by atoms with Gasteiger partial charge in [-0.3, -0.25) is 0 Å². The van der Waals surface area contributed by atoms with Crippen LogP contribution >= 0.6 is 0 Å². The molecule has 0 atom stereocenters. The predicted octanol–water partition coefficient (Wildman–Crippen LogP) is 5.99. The van der Waals surface area contributed by atoms with Crippen molar-refractivity contribution in [3.8, 4) is 0 Å². The normalized spacial score (nSPS) is 23.0. The molecule has 1 aromatic rings. The smallest absolute Gasteiger partial charge is 0.129 e. The highest BCUT2D eigenvalue weighted by atomic mass is 19.1. The quantitative estimate of drug-likeness (QED) is 0.621. The molecular weight excluding hydrogens is 254 g/mol. The molecule has 0 N–H and O–H groups in total. The van der Waals surface area contributed by atoms with Crippen LogP contribution in [-0.4, -0.2) is 0 Å². The van der Waals surface area contributed by atoms with Crippen LogP contribution in [0.1, 0.15) is 75.8 Å². The highest BCUT2D eigenvalue weighted by Gasteiger charge is 2.23. The van der Waals surface area contributed by atoms with Crippen LogP contribution in [0.4, 0.5) is 8.78 Å². The lowest BCUT2D eigenvalue weighted by Crippen LogP contribution is -2.14. The van der Waals surface area contributed by atoms with E-state index in [1.807, 2.05) is 6.92 Å². The van der Waals surface area contributed by atoms with Crippen LogP contribution in [0, 0.1) is 17.6 Å². The van der Waals surface area contributed by atoms with Crippen molar-refractivity contribution >= 4 is 0 Å². The zero-order valence-corrected chi connectivity index (χ0v) is 12.7. The predicted molar refractivity (Wildman–Crippen MR) is 80.0 cm³/mol.